The van der Waals surface area contributed by atoms with Gasteiger partial charge >= 0.3 is 0 Å². The van der Waals surface area contributed by atoms with Crippen LogP contribution >= 0.6 is 0 Å². The van der Waals surface area contributed by atoms with Crippen LogP contribution in [0, 0.1) is 18.3 Å². The normalized spacial score (nSPS) is 26.1. The number of likely N-dealkylation sites (tertiary alicyclic amines) is 1. The van der Waals surface area contributed by atoms with Gasteiger partial charge in [0.2, 0.25) is 0 Å². The molecule has 5 heteroatoms. The molecule has 0 spiro atoms. The van der Waals surface area contributed by atoms with Gasteiger partial charge in [-0.15, -0.1) is 0 Å². The largest absolute Gasteiger partial charge is 0.338 e. The van der Waals surface area contributed by atoms with Crippen LogP contribution in [0.25, 0.3) is 5.82 Å². The molecular formula is C17H20N4O. The van der Waals surface area contributed by atoms with Crippen molar-refractivity contribution in [1.29, 1.82) is 0 Å². The zero-order valence-corrected chi connectivity index (χ0v) is 13.0. The summed E-state index contributed by atoms with van der Waals surface area (Å²) < 4.78 is 1.74. The van der Waals surface area contributed by atoms with Crippen LogP contribution < -0.4 is 0 Å². The lowest BCUT2D eigenvalue weighted by Crippen LogP contribution is -2.32. The first kappa shape index (κ1) is 13.5. The van der Waals surface area contributed by atoms with Crippen LogP contribution in [0.2, 0.25) is 0 Å². The smallest absolute Gasteiger partial charge is 0.257 e. The van der Waals surface area contributed by atoms with Crippen molar-refractivity contribution < 1.29 is 4.79 Å². The molecule has 0 aromatic carbocycles. The van der Waals surface area contributed by atoms with Crippen LogP contribution in [-0.2, 0) is 0 Å². The molecule has 2 aromatic heterocycles. The minimum atomic E-state index is 0.111. The summed E-state index contributed by atoms with van der Waals surface area (Å²) in [6, 6.07) is 5.68. The van der Waals surface area contributed by atoms with Gasteiger partial charge in [-0.05, 0) is 43.2 Å². The van der Waals surface area contributed by atoms with Gasteiger partial charge in [0.15, 0.2) is 5.82 Å². The first-order valence-electron chi connectivity index (χ1n) is 7.90. The Morgan fingerprint density at radius 3 is 3.00 bits per heavy atom. The highest BCUT2D eigenvalue weighted by atomic mass is 16.2. The maximum Gasteiger partial charge on any atom is 0.257 e. The number of aromatic nitrogens is 3. The number of fused-ring (bicyclic) bond motifs is 1. The topological polar surface area (TPSA) is 51.0 Å². The van der Waals surface area contributed by atoms with Gasteiger partial charge in [0.1, 0.15) is 0 Å². The van der Waals surface area contributed by atoms with Gasteiger partial charge in [0.25, 0.3) is 5.91 Å². The molecule has 2 aliphatic rings. The van der Waals surface area contributed by atoms with Crippen molar-refractivity contribution in [2.45, 2.75) is 26.7 Å². The van der Waals surface area contributed by atoms with Crippen LogP contribution in [0.5, 0.6) is 0 Å². The van der Waals surface area contributed by atoms with Gasteiger partial charge in [-0.3, -0.25) is 4.79 Å². The average Bonchev–Trinajstić information content (AvgIpc) is 2.91. The Morgan fingerprint density at radius 2 is 2.32 bits per heavy atom. The maximum atomic E-state index is 12.8. The zero-order valence-electron chi connectivity index (χ0n) is 13.0. The molecule has 1 amide bonds. The second-order valence-electron chi connectivity index (χ2n) is 6.55. The highest BCUT2D eigenvalue weighted by molar-refractivity contribution is 5.95. The molecule has 1 saturated carbocycles. The van der Waals surface area contributed by atoms with E-state index in [-0.39, 0.29) is 5.91 Å². The van der Waals surface area contributed by atoms with E-state index >= 15 is 0 Å². The number of carbonyl (C=O) groups excluding carboxylic acids is 1. The standard InChI is InChI=1S/C17H20N4O/c1-3-17-8-13(17)10-20(11-17)16(22)14-9-19-21(12(14)2)15-6-4-5-7-18-15/h4-7,9,13H,3,8,10-11H2,1-2H3. The molecule has 5 nitrogen and oxygen atoms in total. The summed E-state index contributed by atoms with van der Waals surface area (Å²) in [6.45, 7) is 5.97. The SMILES string of the molecule is CCC12CC1CN(C(=O)c1cnn(-c3ccccn3)c1C)C2. The fraction of sp³-hybridized carbons (Fsp3) is 0.471. The van der Waals surface area contributed by atoms with Crippen molar-refractivity contribution in [3.63, 3.8) is 0 Å². The lowest BCUT2D eigenvalue weighted by Gasteiger charge is -2.20. The molecule has 1 aliphatic heterocycles. The first-order chi connectivity index (χ1) is 10.6. The van der Waals surface area contributed by atoms with Crippen molar-refractivity contribution in [3.8, 4) is 5.82 Å². The lowest BCUT2D eigenvalue weighted by molar-refractivity contribution is 0.0763. The van der Waals surface area contributed by atoms with E-state index in [9.17, 15) is 4.79 Å². The van der Waals surface area contributed by atoms with Crippen molar-refractivity contribution in [3.05, 3.63) is 41.9 Å². The van der Waals surface area contributed by atoms with E-state index in [4.69, 9.17) is 0 Å². The average molecular weight is 296 g/mol. The monoisotopic (exact) mass is 296 g/mol. The molecular weight excluding hydrogens is 276 g/mol. The Morgan fingerprint density at radius 1 is 1.45 bits per heavy atom. The molecule has 1 aliphatic carbocycles. The Labute approximate surface area is 130 Å². The van der Waals surface area contributed by atoms with Gasteiger partial charge in [-0.1, -0.05) is 13.0 Å². The van der Waals surface area contributed by atoms with Crippen LogP contribution in [-0.4, -0.2) is 38.7 Å². The maximum absolute atomic E-state index is 12.8. The summed E-state index contributed by atoms with van der Waals surface area (Å²) in [6.07, 6.45) is 5.87. The van der Waals surface area contributed by atoms with E-state index in [1.54, 1.807) is 17.1 Å². The van der Waals surface area contributed by atoms with Crippen molar-refractivity contribution >= 4 is 5.91 Å². The number of nitrogens with zero attached hydrogens (tertiary/aromatic N) is 4. The number of hydrogen-bond acceptors (Lipinski definition) is 3. The van der Waals surface area contributed by atoms with Gasteiger partial charge in [0, 0.05) is 19.3 Å². The fourth-order valence-corrected chi connectivity index (χ4v) is 3.79. The number of amides is 1. The molecule has 2 fully saturated rings. The highest BCUT2D eigenvalue weighted by Gasteiger charge is 2.59. The van der Waals surface area contributed by atoms with Crippen LogP contribution in [0.1, 0.15) is 35.8 Å². The van der Waals surface area contributed by atoms with E-state index < -0.39 is 0 Å². The van der Waals surface area contributed by atoms with E-state index in [2.05, 4.69) is 17.0 Å². The van der Waals surface area contributed by atoms with Gasteiger partial charge < -0.3 is 4.90 Å². The number of piperidine rings is 1. The fourth-order valence-electron chi connectivity index (χ4n) is 3.79. The molecule has 2 unspecified atom stereocenters. The minimum Gasteiger partial charge on any atom is -0.338 e. The van der Waals surface area contributed by atoms with Gasteiger partial charge in [-0.2, -0.15) is 5.10 Å². The summed E-state index contributed by atoms with van der Waals surface area (Å²) in [5.41, 5.74) is 1.97. The second-order valence-corrected chi connectivity index (χ2v) is 6.55. The summed E-state index contributed by atoms with van der Waals surface area (Å²) in [5.74, 6) is 1.57. The number of pyridine rings is 1. The third-order valence-electron chi connectivity index (χ3n) is 5.40. The predicted molar refractivity (Wildman–Crippen MR) is 82.8 cm³/mol. The zero-order chi connectivity index (χ0) is 15.3. The summed E-state index contributed by atoms with van der Waals surface area (Å²) in [5, 5.41) is 4.35. The molecule has 22 heavy (non-hydrogen) atoms. The number of carbonyl (C=O) groups is 1. The van der Waals surface area contributed by atoms with Crippen LogP contribution in [0.15, 0.2) is 30.6 Å². The predicted octanol–water partition coefficient (Wildman–Crippen LogP) is 2.45. The third-order valence-corrected chi connectivity index (χ3v) is 5.40. The van der Waals surface area contributed by atoms with Crippen molar-refractivity contribution in [2.24, 2.45) is 11.3 Å². The molecule has 4 rings (SSSR count). The molecule has 0 radical (unpaired) electrons. The Bertz CT molecular complexity index is 720. The third kappa shape index (κ3) is 1.88. The van der Waals surface area contributed by atoms with E-state index in [0.717, 1.165) is 24.6 Å². The second kappa shape index (κ2) is 4.66. The van der Waals surface area contributed by atoms with Gasteiger partial charge in [0.05, 0.1) is 17.5 Å². The van der Waals surface area contributed by atoms with Crippen molar-refractivity contribution in [1.82, 2.24) is 19.7 Å². The van der Waals surface area contributed by atoms with E-state index in [0.29, 0.717) is 16.9 Å². The first-order valence-corrected chi connectivity index (χ1v) is 7.90. The van der Waals surface area contributed by atoms with Crippen LogP contribution in [0.3, 0.4) is 0 Å². The Hall–Kier alpha value is -2.17. The molecule has 3 heterocycles. The van der Waals surface area contributed by atoms with E-state index in [1.165, 1.54) is 12.8 Å². The lowest BCUT2D eigenvalue weighted by atomic mass is 10.0. The summed E-state index contributed by atoms with van der Waals surface area (Å²) >= 11 is 0. The van der Waals surface area contributed by atoms with Crippen LogP contribution in [0.4, 0.5) is 0 Å². The highest BCUT2D eigenvalue weighted by Crippen LogP contribution is 2.60. The molecule has 0 bridgehead atoms. The summed E-state index contributed by atoms with van der Waals surface area (Å²) in [7, 11) is 0. The van der Waals surface area contributed by atoms with Crippen molar-refractivity contribution in [2.75, 3.05) is 13.1 Å². The quantitative estimate of drug-likeness (QED) is 0.874. The Kier molecular flexibility index (Phi) is 2.86. The summed E-state index contributed by atoms with van der Waals surface area (Å²) in [4.78, 5) is 19.1. The Balaban J connectivity index is 1.59. The number of rotatable bonds is 3. The van der Waals surface area contributed by atoms with E-state index in [1.807, 2.05) is 30.0 Å². The molecule has 2 atom stereocenters. The minimum absolute atomic E-state index is 0.111. The molecule has 2 aromatic rings. The molecule has 0 N–H and O–H groups in total. The number of hydrogen-bond donors (Lipinski definition) is 0. The van der Waals surface area contributed by atoms with Gasteiger partial charge in [-0.25, -0.2) is 9.67 Å². The molecule has 114 valence electrons. The molecule has 1 saturated heterocycles.